The molecule has 0 bridgehead atoms. The summed E-state index contributed by atoms with van der Waals surface area (Å²) in [6, 6.07) is 5.19. The van der Waals surface area contributed by atoms with Gasteiger partial charge in [-0.25, -0.2) is 0 Å². The normalized spacial score (nSPS) is 14.5. The predicted octanol–water partition coefficient (Wildman–Crippen LogP) is 0.925. The van der Waals surface area contributed by atoms with Gasteiger partial charge in [-0.2, -0.15) is 0 Å². The highest BCUT2D eigenvalue weighted by Gasteiger charge is 2.26. The Morgan fingerprint density at radius 2 is 2.00 bits per heavy atom. The molecule has 0 saturated carbocycles. The summed E-state index contributed by atoms with van der Waals surface area (Å²) in [6.45, 7) is 0. The molecule has 2 nitrogen and oxygen atoms in total. The van der Waals surface area contributed by atoms with Gasteiger partial charge in [-0.3, -0.25) is 0 Å². The van der Waals surface area contributed by atoms with Crippen molar-refractivity contribution in [2.24, 2.45) is 0 Å². The third-order valence-corrected chi connectivity index (χ3v) is 2.05. The molecule has 0 heterocycles. The molecule has 0 saturated heterocycles. The standard InChI is InChI=1S/C8H7ClO2/c9-8(10,11)7-2-1-5-3-6(5)4-7/h1-2,4,10-11H,3H2. The maximum absolute atomic E-state index is 8.96. The number of halogens is 1. The van der Waals surface area contributed by atoms with Gasteiger partial charge in [-0.15, -0.1) is 0 Å². The third kappa shape index (κ3) is 1.25. The minimum Gasteiger partial charge on any atom is -0.350 e. The smallest absolute Gasteiger partial charge is 0.271 e. The lowest BCUT2D eigenvalue weighted by Gasteiger charge is -2.11. The zero-order chi connectivity index (χ0) is 8.06. The molecule has 2 N–H and O–H groups in total. The number of benzene rings is 1. The zero-order valence-corrected chi connectivity index (χ0v) is 6.47. The van der Waals surface area contributed by atoms with Gasteiger partial charge in [0.1, 0.15) is 0 Å². The number of hydrogen-bond acceptors (Lipinski definition) is 2. The highest BCUT2D eigenvalue weighted by atomic mass is 35.5. The van der Waals surface area contributed by atoms with E-state index in [0.29, 0.717) is 5.56 Å². The van der Waals surface area contributed by atoms with Crippen molar-refractivity contribution in [2.45, 2.75) is 11.7 Å². The van der Waals surface area contributed by atoms with E-state index in [1.165, 1.54) is 5.56 Å². The van der Waals surface area contributed by atoms with Crippen LogP contribution in [0.15, 0.2) is 18.2 Å². The van der Waals surface area contributed by atoms with E-state index in [0.717, 1.165) is 12.0 Å². The Hall–Kier alpha value is -0.570. The average Bonchev–Trinajstić information content (AvgIpc) is 2.60. The Labute approximate surface area is 69.0 Å². The summed E-state index contributed by atoms with van der Waals surface area (Å²) in [5, 5.41) is 15.7. The molecule has 1 aliphatic rings. The first-order valence-electron chi connectivity index (χ1n) is 3.33. The molecule has 11 heavy (non-hydrogen) atoms. The number of aliphatic hydroxyl groups is 2. The van der Waals surface area contributed by atoms with Crippen molar-refractivity contribution in [1.29, 1.82) is 0 Å². The number of alkyl halides is 1. The van der Waals surface area contributed by atoms with Gasteiger partial charge in [0.05, 0.1) is 0 Å². The molecular formula is C8H7ClO2. The van der Waals surface area contributed by atoms with Crippen LogP contribution >= 0.6 is 11.6 Å². The van der Waals surface area contributed by atoms with Crippen LogP contribution in [0.5, 0.6) is 0 Å². The molecule has 58 valence electrons. The summed E-state index contributed by atoms with van der Waals surface area (Å²) in [4.78, 5) is 0. The summed E-state index contributed by atoms with van der Waals surface area (Å²) in [5.41, 5.74) is 2.75. The van der Waals surface area contributed by atoms with Gasteiger partial charge in [-0.05, 0) is 23.6 Å². The van der Waals surface area contributed by atoms with E-state index in [-0.39, 0.29) is 0 Å². The Balaban J connectivity index is 2.42. The van der Waals surface area contributed by atoms with Gasteiger partial charge in [0.15, 0.2) is 0 Å². The van der Waals surface area contributed by atoms with Crippen molar-refractivity contribution in [3.8, 4) is 0 Å². The van der Waals surface area contributed by atoms with E-state index < -0.39 is 5.25 Å². The quantitative estimate of drug-likeness (QED) is 0.494. The molecule has 1 aromatic carbocycles. The first-order chi connectivity index (χ1) is 5.07. The van der Waals surface area contributed by atoms with E-state index in [1.54, 1.807) is 12.1 Å². The fraction of sp³-hybridized carbons (Fsp3) is 0.250. The van der Waals surface area contributed by atoms with Gasteiger partial charge < -0.3 is 10.2 Å². The molecule has 0 aromatic heterocycles. The highest BCUT2D eigenvalue weighted by Crippen LogP contribution is 2.32. The lowest BCUT2D eigenvalue weighted by atomic mass is 10.2. The summed E-state index contributed by atoms with van der Waals surface area (Å²) in [5.74, 6) is 0. The SMILES string of the molecule is OC(O)(Cl)c1ccc2c(c1)C2. The largest absolute Gasteiger partial charge is 0.350 e. The number of fused-ring (bicyclic) bond motifs is 1. The first kappa shape index (κ1) is 7.10. The fourth-order valence-electron chi connectivity index (χ4n) is 1.09. The molecule has 1 aliphatic carbocycles. The van der Waals surface area contributed by atoms with Crippen molar-refractivity contribution in [1.82, 2.24) is 0 Å². The summed E-state index contributed by atoms with van der Waals surface area (Å²) < 4.78 is 0. The van der Waals surface area contributed by atoms with Crippen molar-refractivity contribution < 1.29 is 10.2 Å². The minimum absolute atomic E-state index is 0.343. The van der Waals surface area contributed by atoms with Crippen LogP contribution in [0.2, 0.25) is 0 Å². The average molecular weight is 171 g/mol. The minimum atomic E-state index is -2.21. The zero-order valence-electron chi connectivity index (χ0n) is 5.71. The van der Waals surface area contributed by atoms with Gasteiger partial charge in [-0.1, -0.05) is 23.7 Å². The van der Waals surface area contributed by atoms with Gasteiger partial charge in [0.2, 0.25) is 0 Å². The molecule has 0 amide bonds. The fourth-order valence-corrected chi connectivity index (χ4v) is 1.21. The Kier molecular flexibility index (Phi) is 1.27. The second-order valence-corrected chi connectivity index (χ2v) is 3.27. The topological polar surface area (TPSA) is 40.5 Å². The van der Waals surface area contributed by atoms with E-state index in [1.807, 2.05) is 6.07 Å². The van der Waals surface area contributed by atoms with Crippen molar-refractivity contribution in [3.05, 3.63) is 34.9 Å². The summed E-state index contributed by atoms with van der Waals surface area (Å²) >= 11 is 5.26. The number of hydrogen-bond donors (Lipinski definition) is 2. The molecule has 0 aliphatic heterocycles. The molecule has 0 fully saturated rings. The van der Waals surface area contributed by atoms with Gasteiger partial charge in [0.25, 0.3) is 5.25 Å². The van der Waals surface area contributed by atoms with Crippen LogP contribution in [0.1, 0.15) is 16.7 Å². The Morgan fingerprint density at radius 3 is 2.55 bits per heavy atom. The molecule has 1 aromatic rings. The number of rotatable bonds is 1. The predicted molar refractivity (Wildman–Crippen MR) is 41.2 cm³/mol. The molecule has 0 radical (unpaired) electrons. The monoisotopic (exact) mass is 170 g/mol. The Morgan fingerprint density at radius 1 is 1.27 bits per heavy atom. The van der Waals surface area contributed by atoms with Crippen LogP contribution in [0.4, 0.5) is 0 Å². The molecule has 0 atom stereocenters. The molecular weight excluding hydrogens is 164 g/mol. The second kappa shape index (κ2) is 1.97. The van der Waals surface area contributed by atoms with Crippen LogP contribution in [0.3, 0.4) is 0 Å². The van der Waals surface area contributed by atoms with E-state index in [4.69, 9.17) is 21.8 Å². The van der Waals surface area contributed by atoms with E-state index in [9.17, 15) is 0 Å². The lowest BCUT2D eigenvalue weighted by Crippen LogP contribution is -2.15. The molecule has 0 unspecified atom stereocenters. The molecule has 0 spiro atoms. The molecule has 2 rings (SSSR count). The lowest BCUT2D eigenvalue weighted by molar-refractivity contribution is -0.0902. The van der Waals surface area contributed by atoms with Gasteiger partial charge >= 0.3 is 0 Å². The first-order valence-corrected chi connectivity index (χ1v) is 3.71. The van der Waals surface area contributed by atoms with Crippen LogP contribution in [0.25, 0.3) is 0 Å². The van der Waals surface area contributed by atoms with Crippen LogP contribution in [-0.4, -0.2) is 10.2 Å². The Bertz CT molecular complexity index is 301. The highest BCUT2D eigenvalue weighted by molar-refractivity contribution is 6.21. The molecule has 3 heteroatoms. The van der Waals surface area contributed by atoms with Crippen LogP contribution in [0, 0.1) is 0 Å². The summed E-state index contributed by atoms with van der Waals surface area (Å²) in [6.07, 6.45) is 0.951. The summed E-state index contributed by atoms with van der Waals surface area (Å²) in [7, 11) is 0. The van der Waals surface area contributed by atoms with Crippen LogP contribution in [-0.2, 0) is 11.7 Å². The third-order valence-electron chi connectivity index (χ3n) is 1.83. The van der Waals surface area contributed by atoms with E-state index in [2.05, 4.69) is 0 Å². The maximum atomic E-state index is 8.96. The maximum Gasteiger partial charge on any atom is 0.271 e. The second-order valence-electron chi connectivity index (χ2n) is 2.75. The van der Waals surface area contributed by atoms with E-state index >= 15 is 0 Å². The van der Waals surface area contributed by atoms with Crippen molar-refractivity contribution in [3.63, 3.8) is 0 Å². The van der Waals surface area contributed by atoms with Crippen LogP contribution < -0.4 is 0 Å². The van der Waals surface area contributed by atoms with Gasteiger partial charge in [0, 0.05) is 5.56 Å². The van der Waals surface area contributed by atoms with Crippen molar-refractivity contribution >= 4 is 11.6 Å². The van der Waals surface area contributed by atoms with Crippen molar-refractivity contribution in [2.75, 3.05) is 0 Å².